The van der Waals surface area contributed by atoms with Crippen molar-refractivity contribution in [2.75, 3.05) is 7.11 Å². The number of carbonyl (C=O) groups is 3. The monoisotopic (exact) mass is 605 g/mol. The molecule has 1 aliphatic rings. The Morgan fingerprint density at radius 3 is 2.39 bits per heavy atom. The molecule has 0 atom stereocenters. The lowest BCUT2D eigenvalue weighted by Crippen LogP contribution is -2.27. The van der Waals surface area contributed by atoms with Gasteiger partial charge in [0.2, 0.25) is 0 Å². The zero-order valence-corrected chi connectivity index (χ0v) is 22.9. The molecule has 0 N–H and O–H groups in total. The SMILES string of the molecule is COc1cc(/C=C2\SC(=O)N(Cc3c(Cl)cccc3Cl)C2=O)cc(Br)c1OC(=O)c1ccc(C)cc1. The second kappa shape index (κ2) is 11.1. The Kier molecular flexibility index (Phi) is 8.10. The molecule has 3 aromatic carbocycles. The molecule has 0 spiro atoms. The summed E-state index contributed by atoms with van der Waals surface area (Å²) in [7, 11) is 1.44. The fourth-order valence-electron chi connectivity index (χ4n) is 3.39. The smallest absolute Gasteiger partial charge is 0.343 e. The molecule has 3 aromatic rings. The molecule has 36 heavy (non-hydrogen) atoms. The molecule has 2 amide bonds. The summed E-state index contributed by atoms with van der Waals surface area (Å²) in [6.45, 7) is 1.88. The largest absolute Gasteiger partial charge is 0.493 e. The van der Waals surface area contributed by atoms with Gasteiger partial charge in [-0.3, -0.25) is 14.5 Å². The molecule has 0 radical (unpaired) electrons. The van der Waals surface area contributed by atoms with Gasteiger partial charge in [-0.2, -0.15) is 0 Å². The quantitative estimate of drug-likeness (QED) is 0.164. The molecule has 0 aromatic heterocycles. The van der Waals surface area contributed by atoms with Crippen molar-refractivity contribution in [1.82, 2.24) is 4.90 Å². The third kappa shape index (κ3) is 5.62. The molecule has 184 valence electrons. The number of thioether (sulfide) groups is 1. The molecule has 0 aliphatic carbocycles. The number of imide groups is 1. The zero-order chi connectivity index (χ0) is 26.0. The van der Waals surface area contributed by atoms with Crippen LogP contribution in [0.3, 0.4) is 0 Å². The molecule has 1 heterocycles. The van der Waals surface area contributed by atoms with Crippen LogP contribution < -0.4 is 9.47 Å². The van der Waals surface area contributed by atoms with Gasteiger partial charge in [0.25, 0.3) is 11.1 Å². The number of halogens is 3. The van der Waals surface area contributed by atoms with E-state index in [1.54, 1.807) is 48.5 Å². The van der Waals surface area contributed by atoms with Gasteiger partial charge in [-0.25, -0.2) is 4.79 Å². The van der Waals surface area contributed by atoms with Gasteiger partial charge in [-0.1, -0.05) is 47.0 Å². The standard InChI is InChI=1S/C26H18BrCl2NO5S/c1-14-6-8-16(9-7-14)25(32)35-23-18(27)10-15(11-21(23)34-2)12-22-24(31)30(26(33)36-22)13-17-19(28)4-3-5-20(17)29/h3-12H,13H2,1-2H3/b22-12-. The summed E-state index contributed by atoms with van der Waals surface area (Å²) < 4.78 is 11.4. The normalized spacial score (nSPS) is 14.5. The predicted octanol–water partition coefficient (Wildman–Crippen LogP) is 7.53. The van der Waals surface area contributed by atoms with Crippen molar-refractivity contribution in [2.24, 2.45) is 0 Å². The number of aryl methyl sites for hydroxylation is 1. The minimum absolute atomic E-state index is 0.0402. The number of hydrogen-bond donors (Lipinski definition) is 0. The molecule has 1 aliphatic heterocycles. The van der Waals surface area contributed by atoms with E-state index in [-0.39, 0.29) is 22.9 Å². The van der Waals surface area contributed by atoms with E-state index < -0.39 is 17.1 Å². The van der Waals surface area contributed by atoms with Gasteiger partial charge in [-0.05, 0) is 82.7 Å². The maximum atomic E-state index is 13.0. The van der Waals surface area contributed by atoms with Gasteiger partial charge in [0, 0.05) is 15.6 Å². The second-order valence-corrected chi connectivity index (χ2v) is 10.4. The molecular formula is C26H18BrCl2NO5S. The molecule has 6 nitrogen and oxygen atoms in total. The highest BCUT2D eigenvalue weighted by atomic mass is 79.9. The van der Waals surface area contributed by atoms with Crippen LogP contribution >= 0.6 is 50.9 Å². The predicted molar refractivity (Wildman–Crippen MR) is 145 cm³/mol. The summed E-state index contributed by atoms with van der Waals surface area (Å²) >= 11 is 16.6. The van der Waals surface area contributed by atoms with Crippen LogP contribution in [0.5, 0.6) is 11.5 Å². The lowest BCUT2D eigenvalue weighted by atomic mass is 10.1. The Morgan fingerprint density at radius 2 is 1.75 bits per heavy atom. The number of esters is 1. The summed E-state index contributed by atoms with van der Waals surface area (Å²) in [6, 6.07) is 15.3. The van der Waals surface area contributed by atoms with E-state index in [1.807, 2.05) is 19.1 Å². The molecule has 0 bridgehead atoms. The summed E-state index contributed by atoms with van der Waals surface area (Å²) in [5, 5.41) is 0.307. The van der Waals surface area contributed by atoms with E-state index in [4.69, 9.17) is 32.7 Å². The minimum atomic E-state index is -0.541. The first-order valence-corrected chi connectivity index (χ1v) is 12.9. The van der Waals surface area contributed by atoms with Crippen molar-refractivity contribution in [3.63, 3.8) is 0 Å². The molecule has 0 unspecified atom stereocenters. The minimum Gasteiger partial charge on any atom is -0.493 e. The molecule has 1 fully saturated rings. The van der Waals surface area contributed by atoms with Crippen LogP contribution in [0.15, 0.2) is 64.0 Å². The highest BCUT2D eigenvalue weighted by Gasteiger charge is 2.36. The number of benzene rings is 3. The van der Waals surface area contributed by atoms with E-state index >= 15 is 0 Å². The number of rotatable bonds is 6. The second-order valence-electron chi connectivity index (χ2n) is 7.76. The maximum absolute atomic E-state index is 13.0. The lowest BCUT2D eigenvalue weighted by molar-refractivity contribution is -0.123. The molecule has 4 rings (SSSR count). The van der Waals surface area contributed by atoms with Crippen molar-refractivity contribution in [3.8, 4) is 11.5 Å². The van der Waals surface area contributed by atoms with Gasteiger partial charge in [0.1, 0.15) is 0 Å². The van der Waals surface area contributed by atoms with E-state index in [0.717, 1.165) is 22.2 Å². The van der Waals surface area contributed by atoms with Crippen molar-refractivity contribution < 1.29 is 23.9 Å². The zero-order valence-electron chi connectivity index (χ0n) is 19.0. The number of ether oxygens (including phenoxy) is 2. The van der Waals surface area contributed by atoms with Crippen LogP contribution in [0.2, 0.25) is 10.0 Å². The first kappa shape index (κ1) is 26.3. The van der Waals surface area contributed by atoms with Crippen molar-refractivity contribution >= 4 is 74.1 Å². The Labute approximate surface area is 230 Å². The third-order valence-electron chi connectivity index (χ3n) is 5.28. The Balaban J connectivity index is 1.58. The Morgan fingerprint density at radius 1 is 1.08 bits per heavy atom. The highest BCUT2D eigenvalue weighted by molar-refractivity contribution is 9.10. The van der Waals surface area contributed by atoms with E-state index in [0.29, 0.717) is 31.2 Å². The van der Waals surface area contributed by atoms with Crippen LogP contribution in [0.4, 0.5) is 4.79 Å². The molecule has 1 saturated heterocycles. The summed E-state index contributed by atoms with van der Waals surface area (Å²) in [5.74, 6) is -0.535. The number of amides is 2. The van der Waals surface area contributed by atoms with Gasteiger partial charge in [0.05, 0.1) is 28.6 Å². The van der Waals surface area contributed by atoms with Gasteiger partial charge >= 0.3 is 5.97 Å². The topological polar surface area (TPSA) is 72.9 Å². The number of carbonyl (C=O) groups excluding carboxylic acids is 3. The van der Waals surface area contributed by atoms with E-state index in [1.165, 1.54) is 7.11 Å². The van der Waals surface area contributed by atoms with Crippen molar-refractivity contribution in [2.45, 2.75) is 13.5 Å². The molecule has 0 saturated carbocycles. The third-order valence-corrected chi connectivity index (χ3v) is 7.49. The first-order valence-electron chi connectivity index (χ1n) is 10.5. The van der Waals surface area contributed by atoms with Crippen LogP contribution in [0.25, 0.3) is 6.08 Å². The van der Waals surface area contributed by atoms with Gasteiger partial charge in [-0.15, -0.1) is 0 Å². The van der Waals surface area contributed by atoms with Crippen LogP contribution in [0.1, 0.15) is 27.0 Å². The number of nitrogens with zero attached hydrogens (tertiary/aromatic N) is 1. The lowest BCUT2D eigenvalue weighted by Gasteiger charge is -2.15. The number of hydrogen-bond acceptors (Lipinski definition) is 6. The van der Waals surface area contributed by atoms with E-state index in [9.17, 15) is 14.4 Å². The van der Waals surface area contributed by atoms with Crippen LogP contribution in [-0.4, -0.2) is 29.1 Å². The Bertz CT molecular complexity index is 1390. The first-order chi connectivity index (χ1) is 17.2. The molecular weight excluding hydrogens is 589 g/mol. The maximum Gasteiger partial charge on any atom is 0.343 e. The van der Waals surface area contributed by atoms with Crippen LogP contribution in [-0.2, 0) is 11.3 Å². The van der Waals surface area contributed by atoms with Crippen LogP contribution in [0, 0.1) is 6.92 Å². The average molecular weight is 607 g/mol. The van der Waals surface area contributed by atoms with Gasteiger partial charge in [0.15, 0.2) is 11.5 Å². The summed E-state index contributed by atoms with van der Waals surface area (Å²) in [6.07, 6.45) is 1.57. The van der Waals surface area contributed by atoms with Crippen molar-refractivity contribution in [3.05, 3.63) is 96.3 Å². The van der Waals surface area contributed by atoms with Crippen molar-refractivity contribution in [1.29, 1.82) is 0 Å². The summed E-state index contributed by atoms with van der Waals surface area (Å²) in [5.41, 5.74) is 2.48. The molecule has 10 heteroatoms. The fraction of sp³-hybridized carbons (Fsp3) is 0.115. The van der Waals surface area contributed by atoms with E-state index in [2.05, 4.69) is 15.9 Å². The number of methoxy groups -OCH3 is 1. The highest BCUT2D eigenvalue weighted by Crippen LogP contribution is 2.40. The summed E-state index contributed by atoms with van der Waals surface area (Å²) in [4.78, 5) is 39.5. The average Bonchev–Trinajstić information content (AvgIpc) is 3.10. The Hall–Kier alpha value is -2.78. The van der Waals surface area contributed by atoms with Gasteiger partial charge < -0.3 is 9.47 Å². The fourth-order valence-corrected chi connectivity index (χ4v) is 5.29.